The maximum atomic E-state index is 5.88. The summed E-state index contributed by atoms with van der Waals surface area (Å²) in [7, 11) is 1.99. The summed E-state index contributed by atoms with van der Waals surface area (Å²) in [6, 6.07) is 11.7. The number of imidazole rings is 1. The standard InChI is InChI=1S/C14H12ClN3/c1-18-13(9-10-4-6-11(15)7-5-10)17-12-3-2-8-16-14(12)18/h2-8H,9H2,1H3. The Morgan fingerprint density at radius 1 is 1.17 bits per heavy atom. The molecular weight excluding hydrogens is 246 g/mol. The highest BCUT2D eigenvalue weighted by molar-refractivity contribution is 6.30. The Bertz CT molecular complexity index is 686. The van der Waals surface area contributed by atoms with Crippen molar-refractivity contribution in [2.45, 2.75) is 6.42 Å². The number of halogens is 1. The molecule has 3 rings (SSSR count). The molecule has 3 nitrogen and oxygen atoms in total. The van der Waals surface area contributed by atoms with Gasteiger partial charge >= 0.3 is 0 Å². The number of nitrogens with zero attached hydrogens (tertiary/aromatic N) is 3. The van der Waals surface area contributed by atoms with E-state index in [1.54, 1.807) is 6.20 Å². The van der Waals surface area contributed by atoms with Crippen LogP contribution in [0.1, 0.15) is 11.4 Å². The molecule has 0 saturated heterocycles. The van der Waals surface area contributed by atoms with Gasteiger partial charge in [-0.2, -0.15) is 0 Å². The van der Waals surface area contributed by atoms with Gasteiger partial charge in [-0.25, -0.2) is 9.97 Å². The van der Waals surface area contributed by atoms with Crippen molar-refractivity contribution in [2.24, 2.45) is 7.05 Å². The largest absolute Gasteiger partial charge is 0.316 e. The highest BCUT2D eigenvalue weighted by Gasteiger charge is 2.08. The van der Waals surface area contributed by atoms with Gasteiger partial charge in [0.1, 0.15) is 11.3 Å². The molecule has 0 spiro atoms. The Hall–Kier alpha value is -1.87. The van der Waals surface area contributed by atoms with E-state index in [2.05, 4.69) is 9.97 Å². The van der Waals surface area contributed by atoms with Gasteiger partial charge < -0.3 is 4.57 Å². The van der Waals surface area contributed by atoms with Crippen LogP contribution in [0.15, 0.2) is 42.6 Å². The molecule has 0 aliphatic carbocycles. The molecular formula is C14H12ClN3. The summed E-state index contributed by atoms with van der Waals surface area (Å²) in [4.78, 5) is 8.93. The maximum absolute atomic E-state index is 5.88. The van der Waals surface area contributed by atoms with E-state index in [1.807, 2.05) is 48.0 Å². The van der Waals surface area contributed by atoms with Gasteiger partial charge in [0.05, 0.1) is 0 Å². The van der Waals surface area contributed by atoms with Crippen molar-refractivity contribution in [3.05, 3.63) is 59.0 Å². The Kier molecular flexibility index (Phi) is 2.76. The van der Waals surface area contributed by atoms with Gasteiger partial charge in [0.2, 0.25) is 0 Å². The van der Waals surface area contributed by atoms with E-state index in [0.29, 0.717) is 0 Å². The second kappa shape index (κ2) is 4.42. The molecule has 2 aromatic heterocycles. The van der Waals surface area contributed by atoms with Crippen molar-refractivity contribution in [3.8, 4) is 0 Å². The topological polar surface area (TPSA) is 30.7 Å². The molecule has 18 heavy (non-hydrogen) atoms. The average molecular weight is 258 g/mol. The minimum Gasteiger partial charge on any atom is -0.316 e. The second-order valence-corrected chi connectivity index (χ2v) is 4.67. The van der Waals surface area contributed by atoms with Gasteiger partial charge in [0, 0.05) is 24.7 Å². The summed E-state index contributed by atoms with van der Waals surface area (Å²) in [6.45, 7) is 0. The lowest BCUT2D eigenvalue weighted by molar-refractivity contribution is 0.836. The third-order valence-electron chi connectivity index (χ3n) is 3.00. The first-order valence-corrected chi connectivity index (χ1v) is 6.12. The zero-order chi connectivity index (χ0) is 12.5. The van der Waals surface area contributed by atoms with Crippen molar-refractivity contribution in [1.29, 1.82) is 0 Å². The summed E-state index contributed by atoms with van der Waals surface area (Å²) >= 11 is 5.88. The van der Waals surface area contributed by atoms with Crippen molar-refractivity contribution in [2.75, 3.05) is 0 Å². The average Bonchev–Trinajstić information content (AvgIpc) is 2.70. The number of fused-ring (bicyclic) bond motifs is 1. The number of aromatic nitrogens is 3. The van der Waals surface area contributed by atoms with Gasteiger partial charge in [0.15, 0.2) is 5.65 Å². The molecule has 2 heterocycles. The second-order valence-electron chi connectivity index (χ2n) is 4.24. The van der Waals surface area contributed by atoms with Crippen LogP contribution in [0.3, 0.4) is 0 Å². The lowest BCUT2D eigenvalue weighted by Crippen LogP contribution is -1.99. The van der Waals surface area contributed by atoms with Gasteiger partial charge in [-0.05, 0) is 29.8 Å². The van der Waals surface area contributed by atoms with Gasteiger partial charge in [-0.3, -0.25) is 0 Å². The first kappa shape index (κ1) is 11.2. The summed E-state index contributed by atoms with van der Waals surface area (Å²) in [5.74, 6) is 1.01. The van der Waals surface area contributed by atoms with Crippen LogP contribution in [0.2, 0.25) is 5.02 Å². The van der Waals surface area contributed by atoms with Crippen LogP contribution in [0.5, 0.6) is 0 Å². The van der Waals surface area contributed by atoms with Crippen molar-refractivity contribution >= 4 is 22.8 Å². The van der Waals surface area contributed by atoms with Crippen LogP contribution in [0.4, 0.5) is 0 Å². The molecule has 0 aliphatic rings. The molecule has 0 saturated carbocycles. The van der Waals surface area contributed by atoms with E-state index in [-0.39, 0.29) is 0 Å². The van der Waals surface area contributed by atoms with Crippen molar-refractivity contribution in [3.63, 3.8) is 0 Å². The molecule has 0 fully saturated rings. The van der Waals surface area contributed by atoms with E-state index in [4.69, 9.17) is 11.6 Å². The number of hydrogen-bond donors (Lipinski definition) is 0. The van der Waals surface area contributed by atoms with Gasteiger partial charge in [0.25, 0.3) is 0 Å². The smallest absolute Gasteiger partial charge is 0.159 e. The number of hydrogen-bond acceptors (Lipinski definition) is 2. The minimum absolute atomic E-state index is 0.755. The first-order chi connectivity index (χ1) is 8.74. The Labute approximate surface area is 110 Å². The zero-order valence-electron chi connectivity index (χ0n) is 9.97. The molecule has 0 unspecified atom stereocenters. The fourth-order valence-corrected chi connectivity index (χ4v) is 2.14. The van der Waals surface area contributed by atoms with Crippen LogP contribution < -0.4 is 0 Å². The highest BCUT2D eigenvalue weighted by Crippen LogP contribution is 2.16. The maximum Gasteiger partial charge on any atom is 0.159 e. The van der Waals surface area contributed by atoms with E-state index < -0.39 is 0 Å². The number of benzene rings is 1. The predicted octanol–water partition coefficient (Wildman–Crippen LogP) is 3.21. The lowest BCUT2D eigenvalue weighted by atomic mass is 10.1. The monoisotopic (exact) mass is 257 g/mol. The van der Waals surface area contributed by atoms with Gasteiger partial charge in [-0.15, -0.1) is 0 Å². The third-order valence-corrected chi connectivity index (χ3v) is 3.25. The van der Waals surface area contributed by atoms with Crippen LogP contribution >= 0.6 is 11.6 Å². The molecule has 3 aromatic rings. The third kappa shape index (κ3) is 1.97. The molecule has 0 amide bonds. The summed E-state index contributed by atoms with van der Waals surface area (Å²) < 4.78 is 2.03. The summed E-state index contributed by atoms with van der Waals surface area (Å²) in [6.07, 6.45) is 2.57. The number of aryl methyl sites for hydroxylation is 1. The van der Waals surface area contributed by atoms with Crippen LogP contribution in [-0.2, 0) is 13.5 Å². The van der Waals surface area contributed by atoms with Crippen LogP contribution in [-0.4, -0.2) is 14.5 Å². The highest BCUT2D eigenvalue weighted by atomic mass is 35.5. The van der Waals surface area contributed by atoms with E-state index in [1.165, 1.54) is 5.56 Å². The van der Waals surface area contributed by atoms with E-state index >= 15 is 0 Å². The quantitative estimate of drug-likeness (QED) is 0.706. The van der Waals surface area contributed by atoms with Crippen molar-refractivity contribution < 1.29 is 0 Å². The predicted molar refractivity (Wildman–Crippen MR) is 72.8 cm³/mol. The molecule has 0 radical (unpaired) electrons. The van der Waals surface area contributed by atoms with Crippen LogP contribution in [0, 0.1) is 0 Å². The minimum atomic E-state index is 0.755. The van der Waals surface area contributed by atoms with E-state index in [0.717, 1.165) is 28.4 Å². The fraction of sp³-hybridized carbons (Fsp3) is 0.143. The molecule has 0 N–H and O–H groups in total. The molecule has 90 valence electrons. The Morgan fingerprint density at radius 3 is 2.67 bits per heavy atom. The fourth-order valence-electron chi connectivity index (χ4n) is 2.01. The van der Waals surface area contributed by atoms with E-state index in [9.17, 15) is 0 Å². The molecule has 0 aliphatic heterocycles. The summed E-state index contributed by atoms with van der Waals surface area (Å²) in [5, 5.41) is 0.755. The van der Waals surface area contributed by atoms with Crippen LogP contribution in [0.25, 0.3) is 11.2 Å². The Morgan fingerprint density at radius 2 is 1.94 bits per heavy atom. The van der Waals surface area contributed by atoms with Gasteiger partial charge in [-0.1, -0.05) is 23.7 Å². The number of pyridine rings is 1. The SMILES string of the molecule is Cn1c(Cc2ccc(Cl)cc2)nc2cccnc21. The normalized spacial score (nSPS) is 11.0. The summed E-state index contributed by atoms with van der Waals surface area (Å²) in [5.41, 5.74) is 3.04. The molecule has 4 heteroatoms. The molecule has 0 bridgehead atoms. The molecule has 0 atom stereocenters. The Balaban J connectivity index is 1.99. The number of rotatable bonds is 2. The lowest BCUT2D eigenvalue weighted by Gasteiger charge is -2.02. The van der Waals surface area contributed by atoms with Crippen molar-refractivity contribution in [1.82, 2.24) is 14.5 Å². The zero-order valence-corrected chi connectivity index (χ0v) is 10.7. The first-order valence-electron chi connectivity index (χ1n) is 5.75. The molecule has 1 aromatic carbocycles.